The molecule has 2 aromatic carbocycles. The van der Waals surface area contributed by atoms with Crippen molar-refractivity contribution in [3.05, 3.63) is 52.9 Å². The van der Waals surface area contributed by atoms with Gasteiger partial charge in [0.25, 0.3) is 11.1 Å². The SMILES string of the molecule is CCOc1ccc(/C=C2\SC(=O)N(CCOc3ccccc3OC)C2=O)cc1OC. The van der Waals surface area contributed by atoms with Gasteiger partial charge in [-0.15, -0.1) is 0 Å². The fourth-order valence-corrected chi connectivity index (χ4v) is 3.74. The summed E-state index contributed by atoms with van der Waals surface area (Å²) in [6, 6.07) is 12.6. The Morgan fingerprint density at radius 1 is 0.933 bits per heavy atom. The van der Waals surface area contributed by atoms with Crippen LogP contribution in [-0.4, -0.2) is 50.0 Å². The van der Waals surface area contributed by atoms with E-state index in [4.69, 9.17) is 18.9 Å². The van der Waals surface area contributed by atoms with Crippen LogP contribution in [0.4, 0.5) is 4.79 Å². The third-order valence-corrected chi connectivity index (χ3v) is 5.21. The summed E-state index contributed by atoms with van der Waals surface area (Å²) < 4.78 is 21.7. The van der Waals surface area contributed by atoms with Gasteiger partial charge in [-0.2, -0.15) is 0 Å². The number of nitrogens with zero attached hydrogens (tertiary/aromatic N) is 1. The van der Waals surface area contributed by atoms with E-state index in [0.717, 1.165) is 17.3 Å². The zero-order chi connectivity index (χ0) is 21.5. The molecule has 0 atom stereocenters. The van der Waals surface area contributed by atoms with Crippen LogP contribution < -0.4 is 18.9 Å². The molecule has 0 N–H and O–H groups in total. The number of para-hydroxylation sites is 2. The van der Waals surface area contributed by atoms with Gasteiger partial charge in [0.1, 0.15) is 6.61 Å². The lowest BCUT2D eigenvalue weighted by atomic mass is 10.2. The maximum atomic E-state index is 12.7. The van der Waals surface area contributed by atoms with Crippen LogP contribution in [0.5, 0.6) is 23.0 Å². The van der Waals surface area contributed by atoms with Gasteiger partial charge in [-0.3, -0.25) is 14.5 Å². The molecule has 1 fully saturated rings. The minimum absolute atomic E-state index is 0.145. The van der Waals surface area contributed by atoms with E-state index in [2.05, 4.69) is 0 Å². The van der Waals surface area contributed by atoms with E-state index in [9.17, 15) is 9.59 Å². The molecule has 1 aliphatic rings. The van der Waals surface area contributed by atoms with E-state index in [1.165, 1.54) is 4.90 Å². The van der Waals surface area contributed by atoms with Gasteiger partial charge in [-0.25, -0.2) is 0 Å². The molecule has 0 unspecified atom stereocenters. The second kappa shape index (κ2) is 10.1. The predicted octanol–water partition coefficient (Wildman–Crippen LogP) is 4.22. The molecule has 0 spiro atoms. The number of carbonyl (C=O) groups excluding carboxylic acids is 2. The Balaban J connectivity index is 1.67. The minimum atomic E-state index is -0.346. The van der Waals surface area contributed by atoms with Crippen molar-refractivity contribution < 1.29 is 28.5 Å². The Hall–Kier alpha value is -3.13. The number of hydrogen-bond acceptors (Lipinski definition) is 7. The van der Waals surface area contributed by atoms with Crippen molar-refractivity contribution in [2.75, 3.05) is 34.0 Å². The van der Waals surface area contributed by atoms with Crippen LogP contribution in [0.15, 0.2) is 47.4 Å². The molecular formula is C22H23NO6S. The molecule has 2 amide bonds. The highest BCUT2D eigenvalue weighted by atomic mass is 32.2. The summed E-state index contributed by atoms with van der Waals surface area (Å²) in [5.74, 6) is 2.00. The van der Waals surface area contributed by atoms with Crippen molar-refractivity contribution in [2.24, 2.45) is 0 Å². The number of hydrogen-bond donors (Lipinski definition) is 0. The van der Waals surface area contributed by atoms with E-state index >= 15 is 0 Å². The molecule has 1 saturated heterocycles. The zero-order valence-electron chi connectivity index (χ0n) is 17.0. The topological polar surface area (TPSA) is 74.3 Å². The number of imide groups is 1. The van der Waals surface area contributed by atoms with Gasteiger partial charge in [-0.05, 0) is 54.6 Å². The first-order valence-electron chi connectivity index (χ1n) is 9.39. The zero-order valence-corrected chi connectivity index (χ0v) is 17.9. The Labute approximate surface area is 179 Å². The molecule has 1 aliphatic heterocycles. The second-order valence-electron chi connectivity index (χ2n) is 6.18. The Morgan fingerprint density at radius 2 is 1.63 bits per heavy atom. The normalized spacial score (nSPS) is 14.9. The van der Waals surface area contributed by atoms with Gasteiger partial charge in [0.2, 0.25) is 0 Å². The summed E-state index contributed by atoms with van der Waals surface area (Å²) in [4.78, 5) is 26.5. The van der Waals surface area contributed by atoms with E-state index in [-0.39, 0.29) is 24.3 Å². The van der Waals surface area contributed by atoms with Crippen molar-refractivity contribution in [1.29, 1.82) is 0 Å². The maximum absolute atomic E-state index is 12.7. The number of ether oxygens (including phenoxy) is 4. The van der Waals surface area contributed by atoms with Gasteiger partial charge in [-0.1, -0.05) is 18.2 Å². The van der Waals surface area contributed by atoms with Crippen LogP contribution in [0.25, 0.3) is 6.08 Å². The molecule has 0 bridgehead atoms. The molecule has 3 rings (SSSR count). The Bertz CT molecular complexity index is 958. The number of rotatable bonds is 9. The van der Waals surface area contributed by atoms with Gasteiger partial charge in [0, 0.05) is 0 Å². The van der Waals surface area contributed by atoms with Crippen LogP contribution in [0.3, 0.4) is 0 Å². The lowest BCUT2D eigenvalue weighted by molar-refractivity contribution is -0.123. The first-order valence-corrected chi connectivity index (χ1v) is 10.2. The van der Waals surface area contributed by atoms with Crippen LogP contribution in [0.2, 0.25) is 0 Å². The summed E-state index contributed by atoms with van der Waals surface area (Å²) in [5, 5.41) is -0.326. The summed E-state index contributed by atoms with van der Waals surface area (Å²) in [7, 11) is 3.11. The van der Waals surface area contributed by atoms with E-state index in [1.807, 2.05) is 25.1 Å². The molecule has 8 heteroatoms. The fraction of sp³-hybridized carbons (Fsp3) is 0.273. The number of methoxy groups -OCH3 is 2. The van der Waals surface area contributed by atoms with Gasteiger partial charge in [0.15, 0.2) is 23.0 Å². The molecule has 0 aromatic heterocycles. The van der Waals surface area contributed by atoms with Gasteiger partial charge in [0.05, 0.1) is 32.3 Å². The van der Waals surface area contributed by atoms with Crippen molar-refractivity contribution in [1.82, 2.24) is 4.90 Å². The highest BCUT2D eigenvalue weighted by Gasteiger charge is 2.34. The Morgan fingerprint density at radius 3 is 2.33 bits per heavy atom. The lowest BCUT2D eigenvalue weighted by Gasteiger charge is -2.14. The molecule has 0 radical (unpaired) electrons. The molecule has 30 heavy (non-hydrogen) atoms. The third-order valence-electron chi connectivity index (χ3n) is 4.30. The molecule has 7 nitrogen and oxygen atoms in total. The summed E-state index contributed by atoms with van der Waals surface area (Å²) >= 11 is 0.905. The van der Waals surface area contributed by atoms with Crippen molar-refractivity contribution in [3.8, 4) is 23.0 Å². The lowest BCUT2D eigenvalue weighted by Crippen LogP contribution is -2.32. The van der Waals surface area contributed by atoms with E-state index in [0.29, 0.717) is 34.5 Å². The van der Waals surface area contributed by atoms with Crippen LogP contribution >= 0.6 is 11.8 Å². The highest BCUT2D eigenvalue weighted by Crippen LogP contribution is 2.34. The molecule has 1 heterocycles. The summed E-state index contributed by atoms with van der Waals surface area (Å²) in [5.41, 5.74) is 0.742. The quantitative estimate of drug-likeness (QED) is 0.553. The maximum Gasteiger partial charge on any atom is 0.293 e. The number of benzene rings is 2. The first kappa shape index (κ1) is 21.6. The Kier molecular flexibility index (Phi) is 7.24. The van der Waals surface area contributed by atoms with Crippen molar-refractivity contribution in [3.63, 3.8) is 0 Å². The van der Waals surface area contributed by atoms with E-state index < -0.39 is 0 Å². The molecular weight excluding hydrogens is 406 g/mol. The predicted molar refractivity (Wildman–Crippen MR) is 115 cm³/mol. The number of amides is 2. The number of carbonyl (C=O) groups is 2. The summed E-state index contributed by atoms with van der Waals surface area (Å²) in [6.45, 7) is 2.72. The summed E-state index contributed by atoms with van der Waals surface area (Å²) in [6.07, 6.45) is 1.67. The minimum Gasteiger partial charge on any atom is -0.493 e. The smallest absolute Gasteiger partial charge is 0.293 e. The first-order chi connectivity index (χ1) is 14.6. The van der Waals surface area contributed by atoms with Gasteiger partial charge >= 0.3 is 0 Å². The molecule has 0 aliphatic carbocycles. The van der Waals surface area contributed by atoms with Crippen molar-refractivity contribution in [2.45, 2.75) is 6.92 Å². The number of thioether (sulfide) groups is 1. The average molecular weight is 429 g/mol. The monoisotopic (exact) mass is 429 g/mol. The van der Waals surface area contributed by atoms with Crippen molar-refractivity contribution >= 4 is 29.0 Å². The van der Waals surface area contributed by atoms with Crippen LogP contribution in [-0.2, 0) is 4.79 Å². The average Bonchev–Trinajstić information content (AvgIpc) is 3.02. The van der Waals surface area contributed by atoms with Gasteiger partial charge < -0.3 is 18.9 Å². The highest BCUT2D eigenvalue weighted by molar-refractivity contribution is 8.18. The van der Waals surface area contributed by atoms with Crippen LogP contribution in [0.1, 0.15) is 12.5 Å². The fourth-order valence-electron chi connectivity index (χ4n) is 2.88. The largest absolute Gasteiger partial charge is 0.493 e. The van der Waals surface area contributed by atoms with Crippen LogP contribution in [0, 0.1) is 0 Å². The molecule has 2 aromatic rings. The standard InChI is InChI=1S/C22H23NO6S/c1-4-28-18-10-9-15(13-19(18)27-3)14-20-21(24)23(22(25)30-20)11-12-29-17-8-6-5-7-16(17)26-2/h5-10,13-14H,4,11-12H2,1-3H3/b20-14-. The molecule has 158 valence electrons. The van der Waals surface area contributed by atoms with E-state index in [1.54, 1.807) is 44.6 Å². The third kappa shape index (κ3) is 4.88. The second-order valence-corrected chi connectivity index (χ2v) is 7.17. The molecule has 0 saturated carbocycles.